The highest BCUT2D eigenvalue weighted by Crippen LogP contribution is 2.28. The maximum Gasteiger partial charge on any atom is 0.243 e. The topological polar surface area (TPSA) is 49.4 Å². The van der Waals surface area contributed by atoms with E-state index in [1.807, 2.05) is 20.8 Å². The highest BCUT2D eigenvalue weighted by Gasteiger charge is 2.32. The van der Waals surface area contributed by atoms with Gasteiger partial charge < -0.3 is 10.2 Å². The molecule has 1 atom stereocenters. The first-order valence-electron chi connectivity index (χ1n) is 9.91. The van der Waals surface area contributed by atoms with Crippen molar-refractivity contribution < 1.29 is 14.0 Å². The van der Waals surface area contributed by atoms with Gasteiger partial charge in [0.15, 0.2) is 0 Å². The minimum Gasteiger partial charge on any atom is -0.350 e. The SMILES string of the molecule is CCC(C(=O)NC(C)(C)C)N(Cc1c(Cl)cccc1Cl)C(=O)Cc1c(F)cccc1Cl. The van der Waals surface area contributed by atoms with E-state index in [1.165, 1.54) is 23.1 Å². The molecule has 2 rings (SSSR count). The quantitative estimate of drug-likeness (QED) is 0.517. The van der Waals surface area contributed by atoms with Crippen molar-refractivity contribution >= 4 is 46.6 Å². The molecule has 2 aromatic rings. The van der Waals surface area contributed by atoms with Crippen LogP contribution in [-0.2, 0) is 22.6 Å². The number of carbonyl (C=O) groups is 2. The fourth-order valence-electron chi connectivity index (χ4n) is 3.18. The minimum absolute atomic E-state index is 0.000515. The van der Waals surface area contributed by atoms with Crippen LogP contribution in [0.4, 0.5) is 4.39 Å². The standard InChI is InChI=1S/C23H26Cl3FN2O2/c1-5-20(22(31)28-23(2,3)4)29(13-15-17(25)8-6-9-18(15)26)21(30)12-14-16(24)10-7-11-19(14)27/h6-11,20H,5,12-13H2,1-4H3,(H,28,31). The van der Waals surface area contributed by atoms with Gasteiger partial charge in [-0.25, -0.2) is 4.39 Å². The Bertz CT molecular complexity index is 920. The highest BCUT2D eigenvalue weighted by molar-refractivity contribution is 6.36. The van der Waals surface area contributed by atoms with Gasteiger partial charge in [-0.05, 0) is 51.5 Å². The summed E-state index contributed by atoms with van der Waals surface area (Å²) in [5, 5.41) is 3.81. The second kappa shape index (κ2) is 10.7. The zero-order chi connectivity index (χ0) is 23.3. The van der Waals surface area contributed by atoms with Crippen molar-refractivity contribution in [1.82, 2.24) is 10.2 Å². The Balaban J connectivity index is 2.45. The van der Waals surface area contributed by atoms with Crippen LogP contribution in [0, 0.1) is 5.82 Å². The monoisotopic (exact) mass is 486 g/mol. The van der Waals surface area contributed by atoms with Crippen LogP contribution < -0.4 is 5.32 Å². The van der Waals surface area contributed by atoms with Crippen LogP contribution in [0.5, 0.6) is 0 Å². The first-order valence-corrected chi connectivity index (χ1v) is 11.0. The second-order valence-corrected chi connectivity index (χ2v) is 9.48. The molecule has 168 valence electrons. The van der Waals surface area contributed by atoms with Crippen molar-refractivity contribution in [2.45, 2.75) is 58.7 Å². The molecule has 0 saturated carbocycles. The Kier molecular flexibility index (Phi) is 8.75. The third-order valence-corrected chi connectivity index (χ3v) is 5.73. The molecule has 31 heavy (non-hydrogen) atoms. The number of nitrogens with one attached hydrogen (secondary N) is 1. The van der Waals surface area contributed by atoms with Gasteiger partial charge in [0.05, 0.1) is 6.42 Å². The summed E-state index contributed by atoms with van der Waals surface area (Å²) in [7, 11) is 0. The average Bonchev–Trinajstić information content (AvgIpc) is 2.65. The van der Waals surface area contributed by atoms with Gasteiger partial charge in [0.25, 0.3) is 0 Å². The lowest BCUT2D eigenvalue weighted by atomic mass is 10.0. The van der Waals surface area contributed by atoms with E-state index in [9.17, 15) is 14.0 Å². The molecule has 0 bridgehead atoms. The predicted octanol–water partition coefficient (Wildman–Crippen LogP) is 6.05. The maximum atomic E-state index is 14.3. The van der Waals surface area contributed by atoms with E-state index < -0.39 is 23.3 Å². The molecular formula is C23H26Cl3FN2O2. The number of carbonyl (C=O) groups excluding carboxylic acids is 2. The normalized spacial score (nSPS) is 12.4. The number of hydrogen-bond donors (Lipinski definition) is 1. The summed E-state index contributed by atoms with van der Waals surface area (Å²) < 4.78 is 14.3. The second-order valence-electron chi connectivity index (χ2n) is 8.26. The molecule has 0 saturated heterocycles. The van der Waals surface area contributed by atoms with Crippen LogP contribution in [0.1, 0.15) is 45.2 Å². The van der Waals surface area contributed by atoms with E-state index in [0.717, 1.165) is 0 Å². The predicted molar refractivity (Wildman–Crippen MR) is 124 cm³/mol. The molecule has 2 amide bonds. The summed E-state index contributed by atoms with van der Waals surface area (Å²) in [5.41, 5.74) is 0.104. The van der Waals surface area contributed by atoms with E-state index >= 15 is 0 Å². The summed E-state index contributed by atoms with van der Waals surface area (Å²) in [6, 6.07) is 8.45. The summed E-state index contributed by atoms with van der Waals surface area (Å²) in [6.45, 7) is 7.37. The lowest BCUT2D eigenvalue weighted by Gasteiger charge is -2.33. The van der Waals surface area contributed by atoms with Crippen LogP contribution in [-0.4, -0.2) is 28.3 Å². The number of amides is 2. The molecule has 0 heterocycles. The number of nitrogens with zero attached hydrogens (tertiary/aromatic N) is 1. The molecule has 1 N–H and O–H groups in total. The van der Waals surface area contributed by atoms with Crippen LogP contribution in [0.3, 0.4) is 0 Å². The molecule has 0 aliphatic rings. The molecule has 4 nitrogen and oxygen atoms in total. The number of hydrogen-bond acceptors (Lipinski definition) is 2. The van der Waals surface area contributed by atoms with Crippen LogP contribution in [0.25, 0.3) is 0 Å². The van der Waals surface area contributed by atoms with Gasteiger partial charge in [0.2, 0.25) is 11.8 Å². The van der Waals surface area contributed by atoms with Crippen LogP contribution >= 0.6 is 34.8 Å². The summed E-state index contributed by atoms with van der Waals surface area (Å²) >= 11 is 18.8. The Morgan fingerprint density at radius 2 is 1.52 bits per heavy atom. The smallest absolute Gasteiger partial charge is 0.243 e. The summed E-state index contributed by atoms with van der Waals surface area (Å²) in [5.74, 6) is -1.35. The van der Waals surface area contributed by atoms with Gasteiger partial charge in [0, 0.05) is 38.3 Å². The molecule has 8 heteroatoms. The first kappa shape index (κ1) is 25.4. The zero-order valence-electron chi connectivity index (χ0n) is 17.9. The highest BCUT2D eigenvalue weighted by atomic mass is 35.5. The minimum atomic E-state index is -0.801. The van der Waals surface area contributed by atoms with Crippen molar-refractivity contribution in [2.24, 2.45) is 0 Å². The first-order chi connectivity index (χ1) is 14.4. The molecule has 0 fully saturated rings. The lowest BCUT2D eigenvalue weighted by molar-refractivity contribution is -0.141. The van der Waals surface area contributed by atoms with Crippen LogP contribution in [0.15, 0.2) is 36.4 Å². The van der Waals surface area contributed by atoms with E-state index in [2.05, 4.69) is 5.32 Å². The van der Waals surface area contributed by atoms with Crippen molar-refractivity contribution in [1.29, 1.82) is 0 Å². The fourth-order valence-corrected chi connectivity index (χ4v) is 3.93. The van der Waals surface area contributed by atoms with Crippen molar-refractivity contribution in [3.8, 4) is 0 Å². The van der Waals surface area contributed by atoms with Crippen molar-refractivity contribution in [3.63, 3.8) is 0 Å². The number of rotatable bonds is 7. The van der Waals surface area contributed by atoms with Crippen molar-refractivity contribution in [2.75, 3.05) is 0 Å². The van der Waals surface area contributed by atoms with Gasteiger partial charge in [-0.1, -0.05) is 53.9 Å². The molecular weight excluding hydrogens is 462 g/mol. The fraction of sp³-hybridized carbons (Fsp3) is 0.391. The molecule has 0 aliphatic heterocycles. The molecule has 0 aromatic heterocycles. The van der Waals surface area contributed by atoms with E-state index in [-0.39, 0.29) is 29.5 Å². The third-order valence-electron chi connectivity index (χ3n) is 4.66. The molecule has 0 spiro atoms. The van der Waals surface area contributed by atoms with Crippen molar-refractivity contribution in [3.05, 3.63) is 68.4 Å². The molecule has 1 unspecified atom stereocenters. The maximum absolute atomic E-state index is 14.3. The van der Waals surface area contributed by atoms with E-state index in [0.29, 0.717) is 22.0 Å². The van der Waals surface area contributed by atoms with Crippen LogP contribution in [0.2, 0.25) is 15.1 Å². The Morgan fingerprint density at radius 3 is 2.00 bits per heavy atom. The van der Waals surface area contributed by atoms with Gasteiger partial charge in [-0.2, -0.15) is 0 Å². The Morgan fingerprint density at radius 1 is 1.00 bits per heavy atom. The molecule has 2 aromatic carbocycles. The van der Waals surface area contributed by atoms with E-state index in [4.69, 9.17) is 34.8 Å². The zero-order valence-corrected chi connectivity index (χ0v) is 20.2. The molecule has 0 radical (unpaired) electrons. The lowest BCUT2D eigenvalue weighted by Crippen LogP contribution is -2.53. The summed E-state index contributed by atoms with van der Waals surface area (Å²) in [4.78, 5) is 27.7. The molecule has 0 aliphatic carbocycles. The van der Waals surface area contributed by atoms with Gasteiger partial charge in [-0.15, -0.1) is 0 Å². The van der Waals surface area contributed by atoms with Gasteiger partial charge in [-0.3, -0.25) is 9.59 Å². The Labute approximate surface area is 197 Å². The van der Waals surface area contributed by atoms with Gasteiger partial charge >= 0.3 is 0 Å². The van der Waals surface area contributed by atoms with E-state index in [1.54, 1.807) is 25.1 Å². The third kappa shape index (κ3) is 6.83. The number of benzene rings is 2. The number of halogens is 4. The van der Waals surface area contributed by atoms with Gasteiger partial charge in [0.1, 0.15) is 11.9 Å². The largest absolute Gasteiger partial charge is 0.350 e. The summed E-state index contributed by atoms with van der Waals surface area (Å²) in [6.07, 6.45) is 0.0492. The average molecular weight is 488 g/mol. The Hall–Kier alpha value is -1.82.